The molecule has 1 amide bonds. The molecule has 2 N–H and O–H groups in total. The van der Waals surface area contributed by atoms with Gasteiger partial charge in [-0.15, -0.1) is 0 Å². The summed E-state index contributed by atoms with van der Waals surface area (Å²) in [4.78, 5) is 25.2. The van der Waals surface area contributed by atoms with E-state index in [9.17, 15) is 18.4 Å². The van der Waals surface area contributed by atoms with Gasteiger partial charge in [-0.3, -0.25) is 9.59 Å². The highest BCUT2D eigenvalue weighted by atomic mass is 19.1. The van der Waals surface area contributed by atoms with Crippen LogP contribution in [-0.2, 0) is 13.6 Å². The van der Waals surface area contributed by atoms with E-state index in [-0.39, 0.29) is 29.6 Å². The van der Waals surface area contributed by atoms with Crippen LogP contribution in [0.25, 0.3) is 0 Å². The molecule has 0 atom stereocenters. The number of carbonyl (C=O) groups is 1. The van der Waals surface area contributed by atoms with Gasteiger partial charge in [-0.25, -0.2) is 13.5 Å². The number of halogens is 2. The molecule has 0 bridgehead atoms. The van der Waals surface area contributed by atoms with Crippen molar-refractivity contribution in [2.45, 2.75) is 6.54 Å². The van der Waals surface area contributed by atoms with E-state index in [2.05, 4.69) is 15.7 Å². The molecule has 4 rings (SSSR count). The molecule has 0 saturated carbocycles. The highest BCUT2D eigenvalue weighted by Crippen LogP contribution is 2.30. The van der Waals surface area contributed by atoms with Gasteiger partial charge >= 0.3 is 0 Å². The van der Waals surface area contributed by atoms with E-state index < -0.39 is 17.2 Å². The van der Waals surface area contributed by atoms with Gasteiger partial charge in [0.05, 0.1) is 19.0 Å². The summed E-state index contributed by atoms with van der Waals surface area (Å²) in [5.41, 5.74) is 0.157. The van der Waals surface area contributed by atoms with Crippen LogP contribution in [0.1, 0.15) is 16.1 Å². The third-order valence-corrected chi connectivity index (χ3v) is 4.61. The molecule has 0 fully saturated rings. The maximum atomic E-state index is 14.1. The molecule has 2 heterocycles. The van der Waals surface area contributed by atoms with E-state index in [4.69, 9.17) is 9.15 Å². The number of carbonyl (C=O) groups excluding carboxylic acids is 1. The second-order valence-corrected chi connectivity index (χ2v) is 6.96. The Bertz CT molecular complexity index is 1350. The standard InChI is InChI=1S/C23H18F2N4O4/c1-29-23(31)21(20(13-27-29)33-19-8-7-15(24)11-18(19)25)28-16-5-2-4-14(10-16)22(30)26-12-17-6-3-9-32-17/h2-11,13,28H,12H2,1H3,(H,26,30). The van der Waals surface area contributed by atoms with Gasteiger partial charge in [-0.2, -0.15) is 5.10 Å². The van der Waals surface area contributed by atoms with Crippen molar-refractivity contribution < 1.29 is 22.7 Å². The summed E-state index contributed by atoms with van der Waals surface area (Å²) < 4.78 is 39.0. The number of aryl methyl sites for hydroxylation is 1. The number of hydrogen-bond donors (Lipinski definition) is 2. The van der Waals surface area contributed by atoms with Crippen molar-refractivity contribution in [2.24, 2.45) is 7.05 Å². The Labute approximate surface area is 186 Å². The van der Waals surface area contributed by atoms with Gasteiger partial charge < -0.3 is 19.8 Å². The molecular formula is C23H18F2N4O4. The lowest BCUT2D eigenvalue weighted by Gasteiger charge is -2.14. The van der Waals surface area contributed by atoms with Crippen molar-refractivity contribution in [2.75, 3.05) is 5.32 Å². The Morgan fingerprint density at radius 1 is 1.12 bits per heavy atom. The van der Waals surface area contributed by atoms with E-state index in [1.165, 1.54) is 19.5 Å². The number of nitrogens with one attached hydrogen (secondary N) is 2. The van der Waals surface area contributed by atoms with Gasteiger partial charge in [0, 0.05) is 24.4 Å². The Morgan fingerprint density at radius 3 is 2.73 bits per heavy atom. The molecule has 8 nitrogen and oxygen atoms in total. The predicted octanol–water partition coefficient (Wildman–Crippen LogP) is 4.12. The second-order valence-electron chi connectivity index (χ2n) is 6.96. The first-order valence-corrected chi connectivity index (χ1v) is 9.77. The number of hydrogen-bond acceptors (Lipinski definition) is 6. The molecule has 0 aliphatic heterocycles. The zero-order chi connectivity index (χ0) is 23.4. The minimum absolute atomic E-state index is 0.0376. The minimum Gasteiger partial charge on any atom is -0.467 e. The average molecular weight is 452 g/mol. The van der Waals surface area contributed by atoms with Crippen molar-refractivity contribution in [3.8, 4) is 11.5 Å². The fourth-order valence-corrected chi connectivity index (χ4v) is 2.96. The number of amides is 1. The highest BCUT2D eigenvalue weighted by Gasteiger charge is 2.16. The normalized spacial score (nSPS) is 10.6. The van der Waals surface area contributed by atoms with Crippen molar-refractivity contribution in [1.29, 1.82) is 0 Å². The van der Waals surface area contributed by atoms with Gasteiger partial charge in [0.1, 0.15) is 11.6 Å². The quantitative estimate of drug-likeness (QED) is 0.438. The molecule has 0 aliphatic rings. The first kappa shape index (κ1) is 21.8. The van der Waals surface area contributed by atoms with Crippen LogP contribution >= 0.6 is 0 Å². The minimum atomic E-state index is -0.933. The number of aromatic nitrogens is 2. The number of nitrogens with zero attached hydrogens (tertiary/aromatic N) is 2. The number of ether oxygens (including phenoxy) is 1. The maximum absolute atomic E-state index is 14.1. The Balaban J connectivity index is 1.58. The van der Waals surface area contributed by atoms with Gasteiger partial charge in [0.25, 0.3) is 11.5 Å². The first-order chi connectivity index (χ1) is 15.9. The molecule has 0 spiro atoms. The summed E-state index contributed by atoms with van der Waals surface area (Å²) in [6, 6.07) is 12.7. The molecule has 0 saturated heterocycles. The predicted molar refractivity (Wildman–Crippen MR) is 116 cm³/mol. The zero-order valence-electron chi connectivity index (χ0n) is 17.3. The van der Waals surface area contributed by atoms with Crippen LogP contribution in [0.5, 0.6) is 11.5 Å². The lowest BCUT2D eigenvalue weighted by Crippen LogP contribution is -2.23. The fourth-order valence-electron chi connectivity index (χ4n) is 2.96. The van der Waals surface area contributed by atoms with Crippen LogP contribution in [0, 0.1) is 11.6 Å². The summed E-state index contributed by atoms with van der Waals surface area (Å²) in [6.45, 7) is 0.218. The smallest absolute Gasteiger partial charge is 0.294 e. The molecule has 4 aromatic rings. The van der Waals surface area contributed by atoms with Crippen LogP contribution in [-0.4, -0.2) is 15.7 Å². The summed E-state index contributed by atoms with van der Waals surface area (Å²) in [5, 5.41) is 9.53. The van der Waals surface area contributed by atoms with E-state index in [1.807, 2.05) is 0 Å². The first-order valence-electron chi connectivity index (χ1n) is 9.77. The van der Waals surface area contributed by atoms with E-state index in [0.717, 1.165) is 16.8 Å². The largest absolute Gasteiger partial charge is 0.467 e. The Kier molecular flexibility index (Phi) is 6.16. The Morgan fingerprint density at radius 2 is 1.97 bits per heavy atom. The highest BCUT2D eigenvalue weighted by molar-refractivity contribution is 5.95. The van der Waals surface area contributed by atoms with Crippen molar-refractivity contribution in [3.05, 3.63) is 100 Å². The summed E-state index contributed by atoms with van der Waals surface area (Å²) in [5.74, 6) is -1.79. The van der Waals surface area contributed by atoms with Crippen molar-refractivity contribution >= 4 is 17.3 Å². The molecule has 10 heteroatoms. The van der Waals surface area contributed by atoms with Crippen LogP contribution in [0.15, 0.2) is 76.3 Å². The van der Waals surface area contributed by atoms with E-state index in [1.54, 1.807) is 36.4 Å². The van der Waals surface area contributed by atoms with Crippen LogP contribution in [0.4, 0.5) is 20.2 Å². The summed E-state index contributed by atoms with van der Waals surface area (Å²) >= 11 is 0. The molecule has 168 valence electrons. The van der Waals surface area contributed by atoms with Gasteiger partial charge in [0.2, 0.25) is 0 Å². The average Bonchev–Trinajstić information content (AvgIpc) is 3.32. The maximum Gasteiger partial charge on any atom is 0.294 e. The fraction of sp³-hybridized carbons (Fsp3) is 0.0870. The number of benzene rings is 2. The monoisotopic (exact) mass is 452 g/mol. The summed E-state index contributed by atoms with van der Waals surface area (Å²) in [7, 11) is 1.44. The van der Waals surface area contributed by atoms with Gasteiger partial charge in [-0.05, 0) is 42.5 Å². The second kappa shape index (κ2) is 9.35. The number of furan rings is 1. The summed E-state index contributed by atoms with van der Waals surface area (Å²) in [6.07, 6.45) is 2.74. The number of anilines is 2. The third-order valence-electron chi connectivity index (χ3n) is 4.61. The SMILES string of the molecule is Cn1ncc(Oc2ccc(F)cc2F)c(Nc2cccc(C(=O)NCc3ccco3)c2)c1=O. The van der Waals surface area contributed by atoms with Gasteiger partial charge in [-0.1, -0.05) is 6.07 Å². The Hall–Kier alpha value is -4.47. The van der Waals surface area contributed by atoms with Crippen LogP contribution < -0.4 is 20.9 Å². The van der Waals surface area contributed by atoms with Crippen molar-refractivity contribution in [1.82, 2.24) is 15.1 Å². The molecule has 2 aromatic carbocycles. The number of rotatable bonds is 7. The van der Waals surface area contributed by atoms with E-state index >= 15 is 0 Å². The molecule has 2 aromatic heterocycles. The zero-order valence-corrected chi connectivity index (χ0v) is 17.3. The van der Waals surface area contributed by atoms with E-state index in [0.29, 0.717) is 23.1 Å². The van der Waals surface area contributed by atoms with Gasteiger partial charge in [0.15, 0.2) is 23.0 Å². The lowest BCUT2D eigenvalue weighted by molar-refractivity contribution is 0.0948. The third kappa shape index (κ3) is 5.06. The molecule has 0 aliphatic carbocycles. The molecular weight excluding hydrogens is 434 g/mol. The lowest BCUT2D eigenvalue weighted by atomic mass is 10.2. The topological polar surface area (TPSA) is 98.4 Å². The van der Waals surface area contributed by atoms with Crippen LogP contribution in [0.2, 0.25) is 0 Å². The molecule has 0 unspecified atom stereocenters. The molecule has 0 radical (unpaired) electrons. The van der Waals surface area contributed by atoms with Crippen molar-refractivity contribution in [3.63, 3.8) is 0 Å². The van der Waals surface area contributed by atoms with Crippen LogP contribution in [0.3, 0.4) is 0 Å². The molecule has 33 heavy (non-hydrogen) atoms.